The molecule has 2 saturated heterocycles. The first-order chi connectivity index (χ1) is 14.2. The maximum atomic E-state index is 13.4. The number of pyridine rings is 1. The second-order valence-corrected chi connectivity index (χ2v) is 8.01. The van der Waals surface area contributed by atoms with Gasteiger partial charge in [-0.25, -0.2) is 4.98 Å². The summed E-state index contributed by atoms with van der Waals surface area (Å²) in [5.74, 6) is 0.997. The number of carbonyl (C=O) groups is 1. The average Bonchev–Trinajstić information content (AvgIpc) is 2.79. The lowest BCUT2D eigenvalue weighted by atomic mass is 10.00. The van der Waals surface area contributed by atoms with E-state index in [0.29, 0.717) is 6.54 Å². The van der Waals surface area contributed by atoms with E-state index in [2.05, 4.69) is 58.3 Å². The predicted octanol–water partition coefficient (Wildman–Crippen LogP) is 2.18. The number of piperazine rings is 2. The van der Waals surface area contributed by atoms with Gasteiger partial charge < -0.3 is 20.0 Å². The summed E-state index contributed by atoms with van der Waals surface area (Å²) in [5.41, 5.74) is 3.24. The number of hydrogen-bond acceptors (Lipinski definition) is 5. The molecule has 1 aromatic heterocycles. The van der Waals surface area contributed by atoms with Crippen LogP contribution in [0.2, 0.25) is 0 Å². The summed E-state index contributed by atoms with van der Waals surface area (Å²) >= 11 is 0. The Kier molecular flexibility index (Phi) is 6.11. The fourth-order valence-electron chi connectivity index (χ4n) is 4.15. The van der Waals surface area contributed by atoms with Crippen LogP contribution in [0.5, 0.6) is 0 Å². The number of rotatable bonds is 4. The number of amides is 1. The molecule has 2 aliphatic rings. The number of hydrogen-bond donors (Lipinski definition) is 1. The molecule has 1 N–H and O–H groups in total. The van der Waals surface area contributed by atoms with Crippen LogP contribution in [-0.4, -0.2) is 73.6 Å². The molecule has 2 aliphatic heterocycles. The molecule has 4 rings (SSSR count). The standard InChI is InChI=1S/C23H31N5O/c1-3-18-4-6-19(7-5-18)21-17-24-10-11-28(21)23(29)20-8-9-25-22(16-20)27-14-12-26(2)13-15-27/h4-9,16,21,24H,3,10-15,17H2,1-2H3. The minimum absolute atomic E-state index is 0.0578. The van der Waals surface area contributed by atoms with Crippen molar-refractivity contribution in [3.05, 3.63) is 59.3 Å². The first kappa shape index (κ1) is 19.9. The van der Waals surface area contributed by atoms with Gasteiger partial charge in [-0.2, -0.15) is 0 Å². The molecule has 0 bridgehead atoms. The van der Waals surface area contributed by atoms with Crippen LogP contribution in [-0.2, 0) is 6.42 Å². The van der Waals surface area contributed by atoms with Gasteiger partial charge >= 0.3 is 0 Å². The molecule has 2 fully saturated rings. The van der Waals surface area contributed by atoms with E-state index in [1.54, 1.807) is 6.20 Å². The molecule has 1 aromatic carbocycles. The zero-order valence-electron chi connectivity index (χ0n) is 17.5. The zero-order chi connectivity index (χ0) is 20.2. The predicted molar refractivity (Wildman–Crippen MR) is 116 cm³/mol. The van der Waals surface area contributed by atoms with E-state index >= 15 is 0 Å². The molecule has 1 atom stereocenters. The van der Waals surface area contributed by atoms with Gasteiger partial charge in [0.05, 0.1) is 6.04 Å². The number of anilines is 1. The highest BCUT2D eigenvalue weighted by Crippen LogP contribution is 2.26. The molecule has 154 valence electrons. The Morgan fingerprint density at radius 2 is 1.86 bits per heavy atom. The van der Waals surface area contributed by atoms with Crippen LogP contribution in [0.25, 0.3) is 0 Å². The Morgan fingerprint density at radius 3 is 2.59 bits per heavy atom. The van der Waals surface area contributed by atoms with E-state index in [9.17, 15) is 4.79 Å². The van der Waals surface area contributed by atoms with Crippen molar-refractivity contribution in [3.63, 3.8) is 0 Å². The summed E-state index contributed by atoms with van der Waals surface area (Å²) in [6.07, 6.45) is 2.80. The molecule has 6 nitrogen and oxygen atoms in total. The smallest absolute Gasteiger partial charge is 0.254 e. The van der Waals surface area contributed by atoms with Crippen molar-refractivity contribution >= 4 is 11.7 Å². The highest BCUT2D eigenvalue weighted by atomic mass is 16.2. The summed E-state index contributed by atoms with van der Waals surface area (Å²) in [5, 5.41) is 3.45. The van der Waals surface area contributed by atoms with Crippen LogP contribution >= 0.6 is 0 Å². The molecular formula is C23H31N5O. The normalized spacial score (nSPS) is 20.7. The Morgan fingerprint density at radius 1 is 1.10 bits per heavy atom. The third-order valence-electron chi connectivity index (χ3n) is 6.10. The zero-order valence-corrected chi connectivity index (χ0v) is 17.5. The second kappa shape index (κ2) is 8.93. The number of benzene rings is 1. The van der Waals surface area contributed by atoms with Crippen molar-refractivity contribution in [2.45, 2.75) is 19.4 Å². The number of nitrogens with one attached hydrogen (secondary N) is 1. The van der Waals surface area contributed by atoms with E-state index in [-0.39, 0.29) is 11.9 Å². The van der Waals surface area contributed by atoms with Crippen molar-refractivity contribution in [3.8, 4) is 0 Å². The van der Waals surface area contributed by atoms with Crippen LogP contribution in [0.15, 0.2) is 42.6 Å². The molecular weight excluding hydrogens is 362 g/mol. The Labute approximate surface area is 173 Å². The van der Waals surface area contributed by atoms with Crippen molar-refractivity contribution in [2.75, 3.05) is 57.8 Å². The van der Waals surface area contributed by atoms with Gasteiger partial charge in [0.1, 0.15) is 5.82 Å². The quantitative estimate of drug-likeness (QED) is 0.863. The van der Waals surface area contributed by atoms with Crippen molar-refractivity contribution < 1.29 is 4.79 Å². The molecule has 2 aromatic rings. The summed E-state index contributed by atoms with van der Waals surface area (Å²) in [4.78, 5) is 24.6. The number of nitrogens with zero attached hydrogens (tertiary/aromatic N) is 4. The van der Waals surface area contributed by atoms with Crippen molar-refractivity contribution in [1.29, 1.82) is 0 Å². The summed E-state index contributed by atoms with van der Waals surface area (Å²) < 4.78 is 0. The van der Waals surface area contributed by atoms with Gasteiger partial charge in [0.25, 0.3) is 5.91 Å². The van der Waals surface area contributed by atoms with Crippen LogP contribution < -0.4 is 10.2 Å². The number of likely N-dealkylation sites (N-methyl/N-ethyl adjacent to an activating group) is 1. The maximum absolute atomic E-state index is 13.4. The van der Waals surface area contributed by atoms with E-state index in [0.717, 1.165) is 57.1 Å². The van der Waals surface area contributed by atoms with Crippen molar-refractivity contribution in [1.82, 2.24) is 20.1 Å². The molecule has 1 amide bonds. The number of carbonyl (C=O) groups excluding carboxylic acids is 1. The van der Waals surface area contributed by atoms with E-state index in [1.807, 2.05) is 17.0 Å². The monoisotopic (exact) mass is 393 g/mol. The molecule has 0 saturated carbocycles. The third-order valence-corrected chi connectivity index (χ3v) is 6.10. The summed E-state index contributed by atoms with van der Waals surface area (Å²) in [7, 11) is 2.14. The number of aryl methyl sites for hydroxylation is 1. The topological polar surface area (TPSA) is 51.7 Å². The van der Waals surface area contributed by atoms with Crippen LogP contribution in [0.1, 0.15) is 34.5 Å². The van der Waals surface area contributed by atoms with Crippen molar-refractivity contribution in [2.24, 2.45) is 0 Å². The molecule has 3 heterocycles. The molecule has 6 heteroatoms. The van der Waals surface area contributed by atoms with E-state index in [1.165, 1.54) is 11.1 Å². The third kappa shape index (κ3) is 4.43. The molecule has 0 radical (unpaired) electrons. The first-order valence-corrected chi connectivity index (χ1v) is 10.7. The Balaban J connectivity index is 1.54. The average molecular weight is 394 g/mol. The highest BCUT2D eigenvalue weighted by molar-refractivity contribution is 5.95. The maximum Gasteiger partial charge on any atom is 0.254 e. The molecule has 29 heavy (non-hydrogen) atoms. The lowest BCUT2D eigenvalue weighted by molar-refractivity contribution is 0.0634. The van der Waals surface area contributed by atoms with Crippen LogP contribution in [0.4, 0.5) is 5.82 Å². The Bertz CT molecular complexity index is 829. The number of aromatic nitrogens is 1. The highest BCUT2D eigenvalue weighted by Gasteiger charge is 2.29. The lowest BCUT2D eigenvalue weighted by Gasteiger charge is -2.37. The largest absolute Gasteiger partial charge is 0.354 e. The lowest BCUT2D eigenvalue weighted by Crippen LogP contribution is -2.48. The first-order valence-electron chi connectivity index (χ1n) is 10.7. The Hall–Kier alpha value is -2.44. The van der Waals surface area contributed by atoms with Gasteiger partial charge in [-0.05, 0) is 36.7 Å². The van der Waals surface area contributed by atoms with Gasteiger partial charge in [-0.1, -0.05) is 31.2 Å². The van der Waals surface area contributed by atoms with Gasteiger partial charge in [0, 0.05) is 57.6 Å². The summed E-state index contributed by atoms with van der Waals surface area (Å²) in [6, 6.07) is 12.5. The van der Waals surface area contributed by atoms with E-state index < -0.39 is 0 Å². The van der Waals surface area contributed by atoms with Crippen LogP contribution in [0.3, 0.4) is 0 Å². The summed E-state index contributed by atoms with van der Waals surface area (Å²) in [6.45, 7) is 8.42. The van der Waals surface area contributed by atoms with Gasteiger partial charge in [-0.3, -0.25) is 4.79 Å². The minimum Gasteiger partial charge on any atom is -0.354 e. The fourth-order valence-corrected chi connectivity index (χ4v) is 4.15. The minimum atomic E-state index is 0.0578. The van der Waals surface area contributed by atoms with Gasteiger partial charge in [0.15, 0.2) is 0 Å². The van der Waals surface area contributed by atoms with Gasteiger partial charge in [-0.15, -0.1) is 0 Å². The van der Waals surface area contributed by atoms with E-state index in [4.69, 9.17) is 0 Å². The molecule has 0 aliphatic carbocycles. The SMILES string of the molecule is CCc1ccc(C2CNCCN2C(=O)c2ccnc(N3CCN(C)CC3)c2)cc1. The molecule has 0 spiro atoms. The second-order valence-electron chi connectivity index (χ2n) is 8.01. The van der Waals surface area contributed by atoms with Crippen LogP contribution in [0, 0.1) is 0 Å². The van der Waals surface area contributed by atoms with Gasteiger partial charge in [0.2, 0.25) is 0 Å². The molecule has 1 unspecified atom stereocenters. The fraction of sp³-hybridized carbons (Fsp3) is 0.478.